The monoisotopic (exact) mass is 278 g/mol. The second-order valence-electron chi connectivity index (χ2n) is 3.89. The van der Waals surface area contributed by atoms with Crippen molar-refractivity contribution in [3.05, 3.63) is 50.7 Å². The summed E-state index contributed by atoms with van der Waals surface area (Å²) in [5.41, 5.74) is 1.86. The minimum Gasteiger partial charge on any atom is -0.494 e. The number of benzene rings is 1. The zero-order valence-corrected chi connectivity index (χ0v) is 11.3. The molecule has 1 aromatic carbocycles. The fraction of sp³-hybridized carbons (Fsp3) is 0.231. The molecule has 0 bridgehead atoms. The summed E-state index contributed by atoms with van der Waals surface area (Å²) in [6.45, 7) is 2.96. The van der Waals surface area contributed by atoms with Gasteiger partial charge in [-0.2, -0.15) is 11.3 Å². The molecule has 2 aromatic rings. The van der Waals surface area contributed by atoms with Crippen molar-refractivity contribution in [3.63, 3.8) is 0 Å². The molecule has 100 valence electrons. The van der Waals surface area contributed by atoms with Crippen LogP contribution in [0.3, 0.4) is 0 Å². The summed E-state index contributed by atoms with van der Waals surface area (Å²) < 4.78 is 5.33. The van der Waals surface area contributed by atoms with Gasteiger partial charge in [-0.1, -0.05) is 0 Å². The Balaban J connectivity index is 2.16. The normalized spacial score (nSPS) is 10.2. The minimum atomic E-state index is -0.418. The Morgan fingerprint density at radius 2 is 2.26 bits per heavy atom. The molecule has 0 atom stereocenters. The molecule has 0 saturated carbocycles. The zero-order chi connectivity index (χ0) is 13.7. The van der Waals surface area contributed by atoms with Gasteiger partial charge in [-0.05, 0) is 29.3 Å². The van der Waals surface area contributed by atoms with Crippen LogP contribution >= 0.6 is 11.3 Å². The number of ether oxygens (including phenoxy) is 1. The molecule has 0 aliphatic heterocycles. The van der Waals surface area contributed by atoms with Crippen LogP contribution in [0, 0.1) is 10.1 Å². The highest BCUT2D eigenvalue weighted by Crippen LogP contribution is 2.26. The molecule has 1 heterocycles. The van der Waals surface area contributed by atoms with Crippen LogP contribution in [0.25, 0.3) is 0 Å². The Labute approximate surface area is 115 Å². The molecular weight excluding hydrogens is 264 g/mol. The molecule has 0 spiro atoms. The van der Waals surface area contributed by atoms with Crippen molar-refractivity contribution >= 4 is 22.7 Å². The number of hydrogen-bond acceptors (Lipinski definition) is 5. The molecule has 0 aliphatic carbocycles. The Hall–Kier alpha value is -2.08. The van der Waals surface area contributed by atoms with E-state index in [0.29, 0.717) is 24.6 Å². The molecule has 1 N–H and O–H groups in total. The number of nitro benzene ring substituents is 1. The maximum absolute atomic E-state index is 10.9. The third-order valence-electron chi connectivity index (χ3n) is 2.49. The van der Waals surface area contributed by atoms with E-state index < -0.39 is 4.92 Å². The average molecular weight is 278 g/mol. The van der Waals surface area contributed by atoms with Crippen LogP contribution in [-0.2, 0) is 6.54 Å². The van der Waals surface area contributed by atoms with E-state index in [0.717, 1.165) is 5.56 Å². The van der Waals surface area contributed by atoms with Crippen LogP contribution in [0.1, 0.15) is 12.5 Å². The van der Waals surface area contributed by atoms with Crippen LogP contribution in [0.4, 0.5) is 11.4 Å². The molecule has 2 rings (SSSR count). The van der Waals surface area contributed by atoms with Crippen molar-refractivity contribution < 1.29 is 9.66 Å². The number of hydrogen-bond donors (Lipinski definition) is 1. The quantitative estimate of drug-likeness (QED) is 0.647. The molecule has 5 nitrogen and oxygen atoms in total. The molecule has 0 unspecified atom stereocenters. The van der Waals surface area contributed by atoms with Gasteiger partial charge in [0.05, 0.1) is 17.6 Å². The smallest absolute Gasteiger partial charge is 0.275 e. The molecule has 19 heavy (non-hydrogen) atoms. The first kappa shape index (κ1) is 13.4. The lowest BCUT2D eigenvalue weighted by atomic mass is 10.2. The lowest BCUT2D eigenvalue weighted by molar-refractivity contribution is -0.384. The van der Waals surface area contributed by atoms with Crippen LogP contribution < -0.4 is 10.1 Å². The number of nitro groups is 1. The maximum Gasteiger partial charge on any atom is 0.275 e. The van der Waals surface area contributed by atoms with E-state index in [2.05, 4.69) is 5.32 Å². The number of rotatable bonds is 6. The van der Waals surface area contributed by atoms with Gasteiger partial charge in [0.1, 0.15) is 5.75 Å². The number of nitrogens with one attached hydrogen (secondary N) is 1. The standard InChI is InChI=1S/C13H14N2O3S/c1-2-18-13-6-11(5-12(7-13)15(16)17)14-8-10-3-4-19-9-10/h3-7,9,14H,2,8H2,1H3. The Morgan fingerprint density at radius 1 is 1.42 bits per heavy atom. The number of thiophene rings is 1. The maximum atomic E-state index is 10.9. The topological polar surface area (TPSA) is 64.4 Å². The number of anilines is 1. The van der Waals surface area contributed by atoms with Crippen LogP contribution in [0.5, 0.6) is 5.75 Å². The predicted molar refractivity (Wildman–Crippen MR) is 75.9 cm³/mol. The van der Waals surface area contributed by atoms with E-state index in [1.165, 1.54) is 12.1 Å². The Kier molecular flexibility index (Phi) is 4.35. The van der Waals surface area contributed by atoms with Crippen LogP contribution in [0.15, 0.2) is 35.0 Å². The van der Waals surface area contributed by atoms with Gasteiger partial charge >= 0.3 is 0 Å². The Bertz CT molecular complexity index is 555. The van der Waals surface area contributed by atoms with Crippen LogP contribution in [-0.4, -0.2) is 11.5 Å². The van der Waals surface area contributed by atoms with Gasteiger partial charge in [0.25, 0.3) is 5.69 Å². The first-order valence-corrected chi connectivity index (χ1v) is 6.80. The summed E-state index contributed by atoms with van der Waals surface area (Å²) in [7, 11) is 0. The summed E-state index contributed by atoms with van der Waals surface area (Å²) in [5, 5.41) is 18.1. The highest BCUT2D eigenvalue weighted by molar-refractivity contribution is 7.07. The largest absolute Gasteiger partial charge is 0.494 e. The van der Waals surface area contributed by atoms with E-state index in [-0.39, 0.29) is 5.69 Å². The highest BCUT2D eigenvalue weighted by atomic mass is 32.1. The molecule has 0 aliphatic rings. The van der Waals surface area contributed by atoms with Crippen molar-refractivity contribution in [2.75, 3.05) is 11.9 Å². The van der Waals surface area contributed by atoms with Gasteiger partial charge in [-0.15, -0.1) is 0 Å². The number of non-ortho nitro benzene ring substituents is 1. The summed E-state index contributed by atoms with van der Waals surface area (Å²) >= 11 is 1.62. The van der Waals surface area contributed by atoms with Gasteiger partial charge in [0.15, 0.2) is 0 Å². The zero-order valence-electron chi connectivity index (χ0n) is 10.5. The molecule has 0 amide bonds. The van der Waals surface area contributed by atoms with Crippen molar-refractivity contribution in [3.8, 4) is 5.75 Å². The SMILES string of the molecule is CCOc1cc(NCc2ccsc2)cc([N+](=O)[O-])c1. The fourth-order valence-electron chi connectivity index (χ4n) is 1.64. The van der Waals surface area contributed by atoms with E-state index in [9.17, 15) is 10.1 Å². The number of nitrogens with zero attached hydrogens (tertiary/aromatic N) is 1. The third kappa shape index (κ3) is 3.69. The second kappa shape index (κ2) is 6.19. The summed E-state index contributed by atoms with van der Waals surface area (Å²) in [6, 6.07) is 6.72. The second-order valence-corrected chi connectivity index (χ2v) is 4.67. The van der Waals surface area contributed by atoms with Crippen molar-refractivity contribution in [2.45, 2.75) is 13.5 Å². The molecular formula is C13H14N2O3S. The average Bonchev–Trinajstić information content (AvgIpc) is 2.89. The highest BCUT2D eigenvalue weighted by Gasteiger charge is 2.10. The van der Waals surface area contributed by atoms with Crippen molar-refractivity contribution in [1.82, 2.24) is 0 Å². The van der Waals surface area contributed by atoms with Crippen LogP contribution in [0.2, 0.25) is 0 Å². The fourth-order valence-corrected chi connectivity index (χ4v) is 2.31. The summed E-state index contributed by atoms with van der Waals surface area (Å²) in [4.78, 5) is 10.4. The molecule has 0 radical (unpaired) electrons. The van der Waals surface area contributed by atoms with Crippen molar-refractivity contribution in [1.29, 1.82) is 0 Å². The van der Waals surface area contributed by atoms with E-state index in [1.54, 1.807) is 17.4 Å². The summed E-state index contributed by atoms with van der Waals surface area (Å²) in [5.74, 6) is 0.504. The first-order chi connectivity index (χ1) is 9.19. The molecule has 6 heteroatoms. The van der Waals surface area contributed by atoms with Gasteiger partial charge in [0.2, 0.25) is 0 Å². The first-order valence-electron chi connectivity index (χ1n) is 5.86. The van der Waals surface area contributed by atoms with E-state index in [1.807, 2.05) is 23.8 Å². The molecule has 0 saturated heterocycles. The van der Waals surface area contributed by atoms with Gasteiger partial charge in [-0.25, -0.2) is 0 Å². The van der Waals surface area contributed by atoms with Gasteiger partial charge < -0.3 is 10.1 Å². The van der Waals surface area contributed by atoms with E-state index >= 15 is 0 Å². The summed E-state index contributed by atoms with van der Waals surface area (Å²) in [6.07, 6.45) is 0. The Morgan fingerprint density at radius 3 is 2.89 bits per heavy atom. The lowest BCUT2D eigenvalue weighted by Gasteiger charge is -2.08. The predicted octanol–water partition coefficient (Wildman–Crippen LogP) is 3.67. The van der Waals surface area contributed by atoms with Gasteiger partial charge in [-0.3, -0.25) is 10.1 Å². The molecule has 0 fully saturated rings. The van der Waals surface area contributed by atoms with Crippen molar-refractivity contribution in [2.24, 2.45) is 0 Å². The van der Waals surface area contributed by atoms with E-state index in [4.69, 9.17) is 4.74 Å². The molecule has 1 aromatic heterocycles. The minimum absolute atomic E-state index is 0.0266. The third-order valence-corrected chi connectivity index (χ3v) is 3.22. The van der Waals surface area contributed by atoms with Gasteiger partial charge in [0, 0.05) is 24.4 Å². The lowest BCUT2D eigenvalue weighted by Crippen LogP contribution is -2.00.